The van der Waals surface area contributed by atoms with Gasteiger partial charge in [-0.2, -0.15) is 0 Å². The van der Waals surface area contributed by atoms with E-state index in [-0.39, 0.29) is 5.76 Å². The lowest BCUT2D eigenvalue weighted by Crippen LogP contribution is -1.84. The molecule has 1 nitrogen and oxygen atoms in total. The Balaban J connectivity index is 2.93. The zero-order chi connectivity index (χ0) is 5.98. The van der Waals surface area contributed by atoms with Gasteiger partial charge in [-0.25, -0.2) is 0 Å². The van der Waals surface area contributed by atoms with Crippen LogP contribution in [-0.4, -0.2) is 5.11 Å². The van der Waals surface area contributed by atoms with Gasteiger partial charge in [0.25, 0.3) is 5.76 Å². The molecule has 0 saturated carbocycles. The molecule has 40 valence electrons. The van der Waals surface area contributed by atoms with Gasteiger partial charge >= 0.3 is 0 Å². The van der Waals surface area contributed by atoms with Crippen molar-refractivity contribution in [3.05, 3.63) is 35.6 Å². The Kier molecular flexibility index (Phi) is 1.15. The summed E-state index contributed by atoms with van der Waals surface area (Å²) in [5, 5.41) is 8.86. The fourth-order valence-corrected chi connectivity index (χ4v) is 0.512. The van der Waals surface area contributed by atoms with E-state index in [1.54, 1.807) is 6.08 Å². The first-order valence-electron chi connectivity index (χ1n) is 2.47. The second-order valence-corrected chi connectivity index (χ2v) is 1.70. The van der Waals surface area contributed by atoms with Gasteiger partial charge in [0, 0.05) is 13.0 Å². The second kappa shape index (κ2) is 1.81. The van der Waals surface area contributed by atoms with Crippen LogP contribution in [0.2, 0.25) is 0 Å². The van der Waals surface area contributed by atoms with Gasteiger partial charge in [-0.3, -0.25) is 0 Å². The third-order valence-electron chi connectivity index (χ3n) is 1.04. The highest BCUT2D eigenvalue weighted by Gasteiger charge is 2.06. The molecule has 8 heavy (non-hydrogen) atoms. The molecule has 1 N–H and O–H groups in total. The highest BCUT2D eigenvalue weighted by Crippen LogP contribution is 2.08. The van der Waals surface area contributed by atoms with Gasteiger partial charge in [0.1, 0.15) is 11.6 Å². The predicted molar refractivity (Wildman–Crippen MR) is 32.3 cm³/mol. The van der Waals surface area contributed by atoms with Crippen LogP contribution in [0.25, 0.3) is 0 Å². The molecule has 1 rings (SSSR count). The molecule has 0 heterocycles. The molecule has 0 spiro atoms. The van der Waals surface area contributed by atoms with E-state index in [0.29, 0.717) is 0 Å². The Bertz CT molecular complexity index is 153. The number of hydrogen-bond acceptors (Lipinski definition) is 1. The SMILES string of the molecule is CC1=CC=C[C+]=C1O. The largest absolute Gasteiger partial charge is 0.481 e. The van der Waals surface area contributed by atoms with E-state index in [1.165, 1.54) is 0 Å². The molecule has 0 aliphatic heterocycles. The lowest BCUT2D eigenvalue weighted by atomic mass is 10.1. The van der Waals surface area contributed by atoms with Crippen LogP contribution >= 0.6 is 0 Å². The summed E-state index contributed by atoms with van der Waals surface area (Å²) >= 11 is 0. The van der Waals surface area contributed by atoms with Gasteiger partial charge in [-0.05, 0) is 0 Å². The maximum atomic E-state index is 8.86. The van der Waals surface area contributed by atoms with Crippen molar-refractivity contribution in [2.45, 2.75) is 6.92 Å². The summed E-state index contributed by atoms with van der Waals surface area (Å²) in [4.78, 5) is 0. The Morgan fingerprint density at radius 3 is 2.75 bits per heavy atom. The van der Waals surface area contributed by atoms with E-state index in [2.05, 4.69) is 6.08 Å². The highest BCUT2D eigenvalue weighted by molar-refractivity contribution is 5.31. The molecule has 0 amide bonds. The second-order valence-electron chi connectivity index (χ2n) is 1.70. The quantitative estimate of drug-likeness (QED) is 0.467. The van der Waals surface area contributed by atoms with Crippen molar-refractivity contribution >= 4 is 0 Å². The average Bonchev–Trinajstić information content (AvgIpc) is 1.77. The van der Waals surface area contributed by atoms with Crippen molar-refractivity contribution in [1.82, 2.24) is 0 Å². The molecule has 0 atom stereocenters. The molecule has 0 saturated heterocycles. The van der Waals surface area contributed by atoms with Gasteiger partial charge in [-0.15, -0.1) is 0 Å². The average molecular weight is 107 g/mol. The van der Waals surface area contributed by atoms with Crippen LogP contribution in [0.1, 0.15) is 6.92 Å². The van der Waals surface area contributed by atoms with E-state index in [0.717, 1.165) is 5.57 Å². The number of allylic oxidation sites excluding steroid dienone is 5. The smallest absolute Gasteiger partial charge is 0.289 e. The van der Waals surface area contributed by atoms with Crippen molar-refractivity contribution in [3.8, 4) is 0 Å². The molecule has 0 fully saturated rings. The van der Waals surface area contributed by atoms with Crippen LogP contribution in [0.3, 0.4) is 0 Å². The summed E-state index contributed by atoms with van der Waals surface area (Å²) in [5.41, 5.74) is 0.868. The number of aliphatic hydroxyl groups is 1. The maximum Gasteiger partial charge on any atom is 0.289 e. The molecule has 0 bridgehead atoms. The minimum absolute atomic E-state index is 0.243. The summed E-state index contributed by atoms with van der Waals surface area (Å²) in [6.07, 6.45) is 8.02. The highest BCUT2D eigenvalue weighted by atomic mass is 16.3. The first-order valence-corrected chi connectivity index (χ1v) is 2.47. The van der Waals surface area contributed by atoms with Crippen molar-refractivity contribution in [2.75, 3.05) is 0 Å². The van der Waals surface area contributed by atoms with E-state index >= 15 is 0 Å². The summed E-state index contributed by atoms with van der Waals surface area (Å²) in [5.74, 6) is 0.243. The fraction of sp³-hybridized carbons (Fsp3) is 0.143. The topological polar surface area (TPSA) is 20.2 Å². The summed E-state index contributed by atoms with van der Waals surface area (Å²) in [6.45, 7) is 1.84. The molecule has 0 aromatic heterocycles. The number of aliphatic hydroxyl groups excluding tert-OH is 1. The van der Waals surface area contributed by atoms with Gasteiger partial charge in [0.15, 0.2) is 0 Å². The summed E-state index contributed by atoms with van der Waals surface area (Å²) < 4.78 is 0. The van der Waals surface area contributed by atoms with E-state index in [1.807, 2.05) is 19.1 Å². The van der Waals surface area contributed by atoms with Crippen molar-refractivity contribution in [1.29, 1.82) is 0 Å². The molecule has 0 unspecified atom stereocenters. The molecule has 0 radical (unpaired) electrons. The minimum atomic E-state index is 0.243. The summed E-state index contributed by atoms with van der Waals surface area (Å²) in [7, 11) is 0. The Labute approximate surface area is 48.6 Å². The van der Waals surface area contributed by atoms with E-state index < -0.39 is 0 Å². The van der Waals surface area contributed by atoms with Gasteiger partial charge < -0.3 is 5.11 Å². The number of hydrogen-bond donors (Lipinski definition) is 1. The van der Waals surface area contributed by atoms with Gasteiger partial charge in [0.05, 0.1) is 12.2 Å². The molecule has 1 heteroatoms. The van der Waals surface area contributed by atoms with Gasteiger partial charge in [-0.1, -0.05) is 0 Å². The van der Waals surface area contributed by atoms with E-state index in [4.69, 9.17) is 5.11 Å². The van der Waals surface area contributed by atoms with Crippen LogP contribution in [-0.2, 0) is 0 Å². The standard InChI is InChI=1S/C7H6O/c1-6-4-2-3-5-7(6)8/h2-4H,1H3/p+1. The lowest BCUT2D eigenvalue weighted by molar-refractivity contribution is 0.420. The Hall–Kier alpha value is -1.07. The van der Waals surface area contributed by atoms with Crippen LogP contribution < -0.4 is 0 Å². The van der Waals surface area contributed by atoms with Crippen LogP contribution in [0, 0.1) is 6.08 Å². The molecular weight excluding hydrogens is 100 g/mol. The molecule has 0 aromatic rings. The van der Waals surface area contributed by atoms with Crippen molar-refractivity contribution in [3.63, 3.8) is 0 Å². The molecule has 0 aromatic carbocycles. The zero-order valence-electron chi connectivity index (χ0n) is 4.68. The summed E-state index contributed by atoms with van der Waals surface area (Å²) in [6, 6.07) is 0. The Morgan fingerprint density at radius 2 is 2.38 bits per heavy atom. The van der Waals surface area contributed by atoms with E-state index in [9.17, 15) is 0 Å². The predicted octanol–water partition coefficient (Wildman–Crippen LogP) is 1.75. The minimum Gasteiger partial charge on any atom is -0.481 e. The number of rotatable bonds is 0. The monoisotopic (exact) mass is 107 g/mol. The first kappa shape index (κ1) is 5.07. The molecule has 1 aliphatic rings. The first-order chi connectivity index (χ1) is 3.80. The van der Waals surface area contributed by atoms with Crippen LogP contribution in [0.4, 0.5) is 0 Å². The Morgan fingerprint density at radius 1 is 1.62 bits per heavy atom. The lowest BCUT2D eigenvalue weighted by Gasteiger charge is -1.87. The van der Waals surface area contributed by atoms with Crippen molar-refractivity contribution < 1.29 is 5.11 Å². The van der Waals surface area contributed by atoms with Crippen LogP contribution in [0.5, 0.6) is 0 Å². The fourth-order valence-electron chi connectivity index (χ4n) is 0.512. The zero-order valence-corrected chi connectivity index (χ0v) is 4.68. The maximum absolute atomic E-state index is 8.86. The molecule has 1 aliphatic carbocycles. The van der Waals surface area contributed by atoms with Crippen LogP contribution in [0.15, 0.2) is 29.6 Å². The normalized spacial score (nSPS) is 16.6. The van der Waals surface area contributed by atoms with Crippen molar-refractivity contribution in [2.24, 2.45) is 0 Å². The third-order valence-corrected chi connectivity index (χ3v) is 1.04. The third kappa shape index (κ3) is 0.772. The molecular formula is C7H7O+. The van der Waals surface area contributed by atoms with Gasteiger partial charge in [0.2, 0.25) is 0 Å².